The number of benzene rings is 1. The number of carbonyl (C=O) groups is 1. The fourth-order valence-corrected chi connectivity index (χ4v) is 2.51. The third-order valence-corrected chi connectivity index (χ3v) is 3.36. The SMILES string of the molecule is O=C1CC[C@@H]2O[C@H](c3ccccc3)[C@@H](O)[C@@H]2O1. The van der Waals surface area contributed by atoms with Gasteiger partial charge in [-0.3, -0.25) is 4.79 Å². The molecule has 0 aromatic heterocycles. The molecule has 1 aromatic carbocycles. The van der Waals surface area contributed by atoms with Crippen LogP contribution < -0.4 is 0 Å². The van der Waals surface area contributed by atoms with Gasteiger partial charge in [0, 0.05) is 6.42 Å². The molecule has 0 aliphatic carbocycles. The summed E-state index contributed by atoms with van der Waals surface area (Å²) in [5.74, 6) is -0.248. The molecule has 0 radical (unpaired) electrons. The molecular weight excluding hydrogens is 220 g/mol. The number of aliphatic hydroxyl groups excluding tert-OH is 1. The van der Waals surface area contributed by atoms with Crippen molar-refractivity contribution in [1.82, 2.24) is 0 Å². The second-order valence-electron chi connectivity index (χ2n) is 4.49. The molecule has 2 fully saturated rings. The highest BCUT2D eigenvalue weighted by Gasteiger charge is 2.48. The van der Waals surface area contributed by atoms with Gasteiger partial charge < -0.3 is 14.6 Å². The second kappa shape index (κ2) is 4.13. The van der Waals surface area contributed by atoms with Crippen LogP contribution in [-0.4, -0.2) is 29.4 Å². The summed E-state index contributed by atoms with van der Waals surface area (Å²) in [7, 11) is 0. The molecule has 2 saturated heterocycles. The zero-order valence-corrected chi connectivity index (χ0v) is 9.28. The minimum absolute atomic E-state index is 0.173. The maximum atomic E-state index is 11.2. The van der Waals surface area contributed by atoms with Crippen molar-refractivity contribution in [3.05, 3.63) is 35.9 Å². The van der Waals surface area contributed by atoms with E-state index in [9.17, 15) is 9.90 Å². The Morgan fingerprint density at radius 3 is 2.76 bits per heavy atom. The van der Waals surface area contributed by atoms with Crippen LogP contribution in [-0.2, 0) is 14.3 Å². The maximum absolute atomic E-state index is 11.2. The lowest BCUT2D eigenvalue weighted by Crippen LogP contribution is -2.39. The Morgan fingerprint density at radius 2 is 2.00 bits per heavy atom. The highest BCUT2D eigenvalue weighted by atomic mass is 16.6. The molecule has 17 heavy (non-hydrogen) atoms. The van der Waals surface area contributed by atoms with Gasteiger partial charge in [-0.1, -0.05) is 30.3 Å². The predicted octanol–water partition coefficient (Wildman–Crippen LogP) is 1.19. The van der Waals surface area contributed by atoms with Crippen molar-refractivity contribution in [2.24, 2.45) is 0 Å². The van der Waals surface area contributed by atoms with Crippen molar-refractivity contribution in [2.75, 3.05) is 0 Å². The van der Waals surface area contributed by atoms with E-state index in [2.05, 4.69) is 0 Å². The predicted molar refractivity (Wildman–Crippen MR) is 59.2 cm³/mol. The lowest BCUT2D eigenvalue weighted by atomic mass is 9.98. The molecule has 4 atom stereocenters. The molecule has 4 nitrogen and oxygen atoms in total. The summed E-state index contributed by atoms with van der Waals surface area (Å²) in [6, 6.07) is 9.54. The Morgan fingerprint density at radius 1 is 1.24 bits per heavy atom. The summed E-state index contributed by atoms with van der Waals surface area (Å²) in [4.78, 5) is 11.2. The molecule has 0 unspecified atom stereocenters. The lowest BCUT2D eigenvalue weighted by Gasteiger charge is -2.24. The maximum Gasteiger partial charge on any atom is 0.306 e. The Hall–Kier alpha value is -1.39. The van der Waals surface area contributed by atoms with Gasteiger partial charge in [0.1, 0.15) is 12.2 Å². The molecule has 3 rings (SSSR count). The van der Waals surface area contributed by atoms with Crippen LogP contribution in [0.15, 0.2) is 30.3 Å². The summed E-state index contributed by atoms with van der Waals surface area (Å²) >= 11 is 0. The quantitative estimate of drug-likeness (QED) is 0.742. The Bertz CT molecular complexity index is 417. The first-order valence-corrected chi connectivity index (χ1v) is 5.83. The average molecular weight is 234 g/mol. The molecule has 90 valence electrons. The van der Waals surface area contributed by atoms with E-state index in [0.29, 0.717) is 12.8 Å². The van der Waals surface area contributed by atoms with Gasteiger partial charge in [-0.25, -0.2) is 0 Å². The Kier molecular flexibility index (Phi) is 2.61. The summed E-state index contributed by atoms with van der Waals surface area (Å²) in [6.07, 6.45) is -0.850. The van der Waals surface area contributed by atoms with Crippen LogP contribution in [0.25, 0.3) is 0 Å². The van der Waals surface area contributed by atoms with E-state index in [1.807, 2.05) is 30.3 Å². The van der Waals surface area contributed by atoms with Crippen LogP contribution in [0.1, 0.15) is 24.5 Å². The Labute approximate surface area is 99.2 Å². The molecule has 2 heterocycles. The number of hydrogen-bond donors (Lipinski definition) is 1. The molecule has 0 saturated carbocycles. The number of fused-ring (bicyclic) bond motifs is 1. The van der Waals surface area contributed by atoms with Crippen LogP contribution in [0, 0.1) is 0 Å². The third kappa shape index (κ3) is 1.83. The summed E-state index contributed by atoms with van der Waals surface area (Å²) in [5, 5.41) is 10.2. The van der Waals surface area contributed by atoms with Crippen LogP contribution in [0.5, 0.6) is 0 Å². The monoisotopic (exact) mass is 234 g/mol. The Balaban J connectivity index is 1.83. The summed E-state index contributed by atoms with van der Waals surface area (Å²) in [6.45, 7) is 0. The fraction of sp³-hybridized carbons (Fsp3) is 0.462. The number of carbonyl (C=O) groups excluding carboxylic acids is 1. The van der Waals surface area contributed by atoms with Gasteiger partial charge in [-0.05, 0) is 12.0 Å². The van der Waals surface area contributed by atoms with E-state index in [1.54, 1.807) is 0 Å². The van der Waals surface area contributed by atoms with E-state index < -0.39 is 18.3 Å². The molecule has 0 spiro atoms. The van der Waals surface area contributed by atoms with Gasteiger partial charge in [0.05, 0.1) is 6.10 Å². The van der Waals surface area contributed by atoms with Crippen LogP contribution >= 0.6 is 0 Å². The molecule has 2 aliphatic heterocycles. The topological polar surface area (TPSA) is 55.8 Å². The minimum Gasteiger partial charge on any atom is -0.457 e. The van der Waals surface area contributed by atoms with Gasteiger partial charge in [0.2, 0.25) is 0 Å². The van der Waals surface area contributed by atoms with Crippen molar-refractivity contribution < 1.29 is 19.4 Å². The zero-order chi connectivity index (χ0) is 11.8. The molecule has 1 N–H and O–H groups in total. The first-order chi connectivity index (χ1) is 8.25. The summed E-state index contributed by atoms with van der Waals surface area (Å²) in [5.41, 5.74) is 0.922. The molecule has 0 bridgehead atoms. The highest BCUT2D eigenvalue weighted by Crippen LogP contribution is 2.38. The van der Waals surface area contributed by atoms with Crippen molar-refractivity contribution in [1.29, 1.82) is 0 Å². The van der Waals surface area contributed by atoms with Gasteiger partial charge in [0.15, 0.2) is 6.10 Å². The summed E-state index contributed by atoms with van der Waals surface area (Å²) < 4.78 is 10.9. The number of ether oxygens (including phenoxy) is 2. The van der Waals surface area contributed by atoms with Crippen LogP contribution in [0.4, 0.5) is 0 Å². The van der Waals surface area contributed by atoms with Crippen LogP contribution in [0.3, 0.4) is 0 Å². The number of aliphatic hydroxyl groups is 1. The largest absolute Gasteiger partial charge is 0.457 e. The molecule has 2 aliphatic rings. The lowest BCUT2D eigenvalue weighted by molar-refractivity contribution is -0.162. The molecular formula is C13H14O4. The molecule has 0 amide bonds. The average Bonchev–Trinajstić information content (AvgIpc) is 2.68. The molecule has 1 aromatic rings. The van der Waals surface area contributed by atoms with Crippen molar-refractivity contribution in [3.8, 4) is 0 Å². The van der Waals surface area contributed by atoms with Gasteiger partial charge in [-0.2, -0.15) is 0 Å². The smallest absolute Gasteiger partial charge is 0.306 e. The van der Waals surface area contributed by atoms with Gasteiger partial charge in [-0.15, -0.1) is 0 Å². The minimum atomic E-state index is -0.772. The van der Waals surface area contributed by atoms with Crippen molar-refractivity contribution in [3.63, 3.8) is 0 Å². The van der Waals surface area contributed by atoms with E-state index in [1.165, 1.54) is 0 Å². The second-order valence-corrected chi connectivity index (χ2v) is 4.49. The van der Waals surface area contributed by atoms with E-state index in [4.69, 9.17) is 9.47 Å². The first kappa shape index (κ1) is 10.7. The number of rotatable bonds is 1. The molecule has 4 heteroatoms. The zero-order valence-electron chi connectivity index (χ0n) is 9.28. The van der Waals surface area contributed by atoms with Crippen molar-refractivity contribution >= 4 is 5.97 Å². The highest BCUT2D eigenvalue weighted by molar-refractivity contribution is 5.70. The fourth-order valence-electron chi connectivity index (χ4n) is 2.51. The van der Waals surface area contributed by atoms with Crippen molar-refractivity contribution in [2.45, 2.75) is 37.3 Å². The van der Waals surface area contributed by atoms with Gasteiger partial charge in [0.25, 0.3) is 0 Å². The van der Waals surface area contributed by atoms with E-state index >= 15 is 0 Å². The van der Waals surface area contributed by atoms with E-state index in [0.717, 1.165) is 5.56 Å². The third-order valence-electron chi connectivity index (χ3n) is 3.36. The number of esters is 1. The normalized spacial score (nSPS) is 36.4. The first-order valence-electron chi connectivity index (χ1n) is 5.83. The number of hydrogen-bond acceptors (Lipinski definition) is 4. The standard InChI is InChI=1S/C13H14O4/c14-10-7-6-9-13(17-10)11(15)12(16-9)8-4-2-1-3-5-8/h1-5,9,11-13,15H,6-7H2/t9-,11+,12+,13+/m0/s1. The van der Waals surface area contributed by atoms with E-state index in [-0.39, 0.29) is 12.1 Å². The van der Waals surface area contributed by atoms with Gasteiger partial charge >= 0.3 is 5.97 Å². The van der Waals surface area contributed by atoms with Crippen LogP contribution in [0.2, 0.25) is 0 Å².